The van der Waals surface area contributed by atoms with E-state index in [1.54, 1.807) is 11.1 Å². The van der Waals surface area contributed by atoms with Gasteiger partial charge in [-0.25, -0.2) is 18.7 Å². The zero-order valence-electron chi connectivity index (χ0n) is 19.6. The Morgan fingerprint density at radius 2 is 1.97 bits per heavy atom. The maximum absolute atomic E-state index is 14.2. The van der Waals surface area contributed by atoms with Gasteiger partial charge in [0.1, 0.15) is 24.1 Å². The van der Waals surface area contributed by atoms with E-state index in [9.17, 15) is 13.6 Å². The zero-order chi connectivity index (χ0) is 23.9. The molecule has 3 heterocycles. The van der Waals surface area contributed by atoms with Gasteiger partial charge < -0.3 is 19.9 Å². The van der Waals surface area contributed by atoms with Crippen LogP contribution in [0, 0.1) is 11.2 Å². The lowest BCUT2D eigenvalue weighted by molar-refractivity contribution is 0.0264. The van der Waals surface area contributed by atoms with E-state index in [1.165, 1.54) is 24.5 Å². The van der Waals surface area contributed by atoms with Crippen LogP contribution in [0.1, 0.15) is 49.9 Å². The number of carbonyl (C=O) groups is 1. The van der Waals surface area contributed by atoms with Gasteiger partial charge in [-0.2, -0.15) is 0 Å². The molecule has 1 spiro atoms. The van der Waals surface area contributed by atoms with Crippen molar-refractivity contribution in [2.24, 2.45) is 5.41 Å². The highest BCUT2D eigenvalue weighted by molar-refractivity contribution is 5.97. The van der Waals surface area contributed by atoms with E-state index in [0.717, 1.165) is 39.0 Å². The topological polar surface area (TPSA) is 70.6 Å². The van der Waals surface area contributed by atoms with E-state index in [-0.39, 0.29) is 29.3 Å². The molecule has 2 aromatic rings. The number of nitrogens with one attached hydrogen (secondary N) is 1. The van der Waals surface area contributed by atoms with E-state index >= 15 is 0 Å². The van der Waals surface area contributed by atoms with Gasteiger partial charge in [-0.3, -0.25) is 4.79 Å². The van der Waals surface area contributed by atoms with Gasteiger partial charge in [-0.15, -0.1) is 0 Å². The van der Waals surface area contributed by atoms with Gasteiger partial charge in [0.15, 0.2) is 11.6 Å². The molecule has 2 aliphatic heterocycles. The maximum Gasteiger partial charge on any atom is 0.258 e. The number of rotatable bonds is 6. The molecular formula is C25H31F2N5O2. The third-order valence-electron chi connectivity index (χ3n) is 7.31. The van der Waals surface area contributed by atoms with Crippen molar-refractivity contribution in [2.45, 2.75) is 57.8 Å². The number of halogens is 2. The second-order valence-electron chi connectivity index (χ2n) is 10.1. The molecule has 1 amide bonds. The largest absolute Gasteiger partial charge is 0.451 e. The molecule has 7 nitrogen and oxygen atoms in total. The lowest BCUT2D eigenvalue weighted by atomic mass is 9.72. The number of ether oxygens (including phenoxy) is 1. The normalized spacial score (nSPS) is 23.4. The number of nitrogens with zero attached hydrogens (tertiary/aromatic N) is 4. The SMILES string of the molecule is CC(C)N(C(=O)c1cc(F)ccc1Oc1cncnc1N1CC2(CCNCC2)C1)C1CC(F)C1. The Morgan fingerprint density at radius 3 is 2.65 bits per heavy atom. The third-order valence-corrected chi connectivity index (χ3v) is 7.31. The van der Waals surface area contributed by atoms with Crippen LogP contribution in [-0.4, -0.2) is 65.2 Å². The van der Waals surface area contributed by atoms with Crippen molar-refractivity contribution in [1.82, 2.24) is 20.2 Å². The molecule has 3 fully saturated rings. The average Bonchev–Trinajstić information content (AvgIpc) is 2.78. The van der Waals surface area contributed by atoms with Crippen molar-refractivity contribution in [3.63, 3.8) is 0 Å². The number of hydrogen-bond acceptors (Lipinski definition) is 6. The van der Waals surface area contributed by atoms with Gasteiger partial charge in [0.2, 0.25) is 0 Å². The van der Waals surface area contributed by atoms with Gasteiger partial charge in [0.05, 0.1) is 11.8 Å². The molecule has 3 aliphatic rings. The lowest BCUT2D eigenvalue weighted by Gasteiger charge is -2.53. The first kappa shape index (κ1) is 23.0. The summed E-state index contributed by atoms with van der Waals surface area (Å²) in [7, 11) is 0. The van der Waals surface area contributed by atoms with Crippen LogP contribution < -0.4 is 15.0 Å². The summed E-state index contributed by atoms with van der Waals surface area (Å²) in [6, 6.07) is 3.57. The number of benzene rings is 1. The number of anilines is 1. The molecule has 1 aromatic heterocycles. The molecule has 1 aromatic carbocycles. The van der Waals surface area contributed by atoms with Crippen LogP contribution in [0.15, 0.2) is 30.7 Å². The van der Waals surface area contributed by atoms with Crippen molar-refractivity contribution in [3.8, 4) is 11.5 Å². The van der Waals surface area contributed by atoms with E-state index in [1.807, 2.05) is 13.8 Å². The molecule has 34 heavy (non-hydrogen) atoms. The van der Waals surface area contributed by atoms with Crippen LogP contribution in [-0.2, 0) is 0 Å². The summed E-state index contributed by atoms with van der Waals surface area (Å²) >= 11 is 0. The second-order valence-corrected chi connectivity index (χ2v) is 10.1. The number of carbonyl (C=O) groups excluding carboxylic acids is 1. The predicted octanol–water partition coefficient (Wildman–Crippen LogP) is 3.95. The Morgan fingerprint density at radius 1 is 1.24 bits per heavy atom. The number of piperidine rings is 1. The summed E-state index contributed by atoms with van der Waals surface area (Å²) in [6.07, 6.45) is 5.03. The highest BCUT2D eigenvalue weighted by atomic mass is 19.1. The fourth-order valence-corrected chi connectivity index (χ4v) is 5.39. The van der Waals surface area contributed by atoms with Crippen molar-refractivity contribution < 1.29 is 18.3 Å². The van der Waals surface area contributed by atoms with E-state index in [4.69, 9.17) is 4.74 Å². The smallest absolute Gasteiger partial charge is 0.258 e. The minimum absolute atomic E-state index is 0.115. The average molecular weight is 472 g/mol. The molecule has 0 bridgehead atoms. The summed E-state index contributed by atoms with van der Waals surface area (Å²) in [5.74, 6) is 0.438. The molecule has 5 rings (SSSR count). The number of amides is 1. The summed E-state index contributed by atoms with van der Waals surface area (Å²) in [5.41, 5.74) is 0.420. The van der Waals surface area contributed by atoms with Crippen LogP contribution >= 0.6 is 0 Å². The van der Waals surface area contributed by atoms with Gasteiger partial charge >= 0.3 is 0 Å². The van der Waals surface area contributed by atoms with Gasteiger partial charge in [0, 0.05) is 30.6 Å². The van der Waals surface area contributed by atoms with E-state index in [2.05, 4.69) is 20.2 Å². The van der Waals surface area contributed by atoms with Gasteiger partial charge in [-0.1, -0.05) is 0 Å². The van der Waals surface area contributed by atoms with Crippen molar-refractivity contribution in [1.29, 1.82) is 0 Å². The standard InChI is InChI=1S/C25H31F2N5O2/c1-16(2)32(19-9-18(27)10-19)24(33)20-11-17(26)3-4-21(20)34-22-12-29-15-30-23(22)31-13-25(14-31)5-7-28-8-6-25/h3-4,11-12,15-16,18-19,28H,5-10,13-14H2,1-2H3. The number of hydrogen-bond donors (Lipinski definition) is 1. The summed E-state index contributed by atoms with van der Waals surface area (Å²) < 4.78 is 33.9. The molecule has 0 radical (unpaired) electrons. The number of aromatic nitrogens is 2. The minimum atomic E-state index is -0.897. The second kappa shape index (κ2) is 9.09. The van der Waals surface area contributed by atoms with Crippen LogP contribution in [0.4, 0.5) is 14.6 Å². The first-order valence-corrected chi connectivity index (χ1v) is 12.0. The van der Waals surface area contributed by atoms with E-state index in [0.29, 0.717) is 29.8 Å². The van der Waals surface area contributed by atoms with Crippen LogP contribution in [0.25, 0.3) is 0 Å². The molecule has 182 valence electrons. The Hall–Kier alpha value is -2.81. The molecule has 9 heteroatoms. The Bertz CT molecular complexity index is 1050. The fraction of sp³-hybridized carbons (Fsp3) is 0.560. The number of alkyl halides is 1. The summed E-state index contributed by atoms with van der Waals surface area (Å²) in [6.45, 7) is 7.60. The molecule has 2 saturated heterocycles. The molecule has 1 aliphatic carbocycles. The first-order valence-electron chi connectivity index (χ1n) is 12.0. The fourth-order valence-electron chi connectivity index (χ4n) is 5.39. The molecule has 0 atom stereocenters. The third kappa shape index (κ3) is 4.33. The van der Waals surface area contributed by atoms with Crippen molar-refractivity contribution in [3.05, 3.63) is 42.1 Å². The predicted molar refractivity (Wildman–Crippen MR) is 124 cm³/mol. The van der Waals surface area contributed by atoms with Crippen molar-refractivity contribution in [2.75, 3.05) is 31.1 Å². The Balaban J connectivity index is 1.39. The highest BCUT2D eigenvalue weighted by Crippen LogP contribution is 2.44. The molecule has 1 saturated carbocycles. The molecule has 0 unspecified atom stereocenters. The Kier molecular flexibility index (Phi) is 6.14. The van der Waals surface area contributed by atoms with Crippen LogP contribution in [0.3, 0.4) is 0 Å². The van der Waals surface area contributed by atoms with Crippen LogP contribution in [0.2, 0.25) is 0 Å². The molecule has 1 N–H and O–H groups in total. The Labute approximate surface area is 198 Å². The van der Waals surface area contributed by atoms with Gasteiger partial charge in [0.25, 0.3) is 5.91 Å². The van der Waals surface area contributed by atoms with Crippen molar-refractivity contribution >= 4 is 11.7 Å². The van der Waals surface area contributed by atoms with E-state index < -0.39 is 12.0 Å². The highest BCUT2D eigenvalue weighted by Gasteiger charge is 2.45. The lowest BCUT2D eigenvalue weighted by Crippen LogP contribution is -2.60. The quantitative estimate of drug-likeness (QED) is 0.688. The monoisotopic (exact) mass is 471 g/mol. The van der Waals surface area contributed by atoms with Gasteiger partial charge in [-0.05, 0) is 70.8 Å². The summed E-state index contributed by atoms with van der Waals surface area (Å²) in [4.78, 5) is 25.9. The van der Waals surface area contributed by atoms with Crippen LogP contribution in [0.5, 0.6) is 11.5 Å². The first-order chi connectivity index (χ1) is 16.3. The minimum Gasteiger partial charge on any atom is -0.451 e. The summed E-state index contributed by atoms with van der Waals surface area (Å²) in [5, 5.41) is 3.41. The zero-order valence-corrected chi connectivity index (χ0v) is 19.6. The maximum atomic E-state index is 14.2. The molecular weight excluding hydrogens is 440 g/mol.